The Balaban J connectivity index is 3.98. The second-order valence-electron chi connectivity index (χ2n) is 27.3. The first kappa shape index (κ1) is 91.9. The molecule has 0 aromatic heterocycles. The molecule has 9 nitrogen and oxygen atoms in total. The van der Waals surface area contributed by atoms with Crippen LogP contribution in [0, 0.1) is 0 Å². The summed E-state index contributed by atoms with van der Waals surface area (Å²) < 4.78 is 34.4. The van der Waals surface area contributed by atoms with Gasteiger partial charge in [0.2, 0.25) is 0 Å². The summed E-state index contributed by atoms with van der Waals surface area (Å²) in [5.74, 6) is -0.827. The van der Waals surface area contributed by atoms with Crippen molar-refractivity contribution in [1.29, 1.82) is 0 Å². The molecule has 2 atom stereocenters. The predicted octanol–water partition coefficient (Wildman–Crippen LogP) is 25.9. The van der Waals surface area contributed by atoms with E-state index in [9.17, 15) is 19.0 Å². The topological polar surface area (TPSA) is 111 Å². The van der Waals surface area contributed by atoms with Crippen molar-refractivity contribution in [2.75, 3.05) is 47.5 Å². The van der Waals surface area contributed by atoms with Crippen LogP contribution in [0.25, 0.3) is 0 Å². The minimum atomic E-state index is -4.65. The first-order valence-corrected chi connectivity index (χ1v) is 41.0. The van der Waals surface area contributed by atoms with Gasteiger partial charge < -0.3 is 27.9 Å². The van der Waals surface area contributed by atoms with E-state index in [1.165, 1.54) is 186 Å². The molecule has 0 aliphatic carbocycles. The molecule has 96 heavy (non-hydrogen) atoms. The van der Waals surface area contributed by atoms with Crippen LogP contribution in [0.5, 0.6) is 0 Å². The van der Waals surface area contributed by atoms with Crippen molar-refractivity contribution in [2.24, 2.45) is 0 Å². The summed E-state index contributed by atoms with van der Waals surface area (Å²) >= 11 is 0. The van der Waals surface area contributed by atoms with Gasteiger partial charge in [-0.05, 0) is 116 Å². The zero-order valence-corrected chi connectivity index (χ0v) is 63.7. The van der Waals surface area contributed by atoms with E-state index in [4.69, 9.17) is 18.5 Å². The fourth-order valence-corrected chi connectivity index (χ4v) is 11.6. The maximum Gasteiger partial charge on any atom is 0.306 e. The number of unbranched alkanes of at least 4 members (excludes halogenated alkanes) is 34. The van der Waals surface area contributed by atoms with Crippen LogP contribution >= 0.6 is 7.82 Å². The predicted molar refractivity (Wildman–Crippen MR) is 415 cm³/mol. The maximum absolute atomic E-state index is 12.9. The Hall–Kier alpha value is -4.11. The third-order valence-electron chi connectivity index (χ3n) is 16.9. The van der Waals surface area contributed by atoms with E-state index in [1.807, 2.05) is 21.1 Å². The molecule has 0 saturated heterocycles. The molecule has 0 aromatic carbocycles. The minimum Gasteiger partial charge on any atom is -0.756 e. The van der Waals surface area contributed by atoms with Crippen LogP contribution in [0.1, 0.15) is 335 Å². The lowest BCUT2D eigenvalue weighted by Gasteiger charge is -2.28. The number of rotatable bonds is 72. The number of phosphoric ester groups is 1. The fraction of sp³-hybridized carbons (Fsp3) is 0.698. The van der Waals surface area contributed by atoms with Crippen LogP contribution in [0.4, 0.5) is 0 Å². The number of phosphoric acid groups is 1. The summed E-state index contributed by atoms with van der Waals surface area (Å²) in [7, 11) is 1.17. The third kappa shape index (κ3) is 78.9. The standard InChI is InChI=1S/C86H148NO8P/c1-6-8-10-12-14-16-18-20-22-24-26-28-30-32-34-36-38-40-42-43-45-46-48-50-52-54-56-58-60-62-64-66-68-70-72-74-76-78-85(88)92-82-84(83-94-96(90,91)93-81-80-87(3,4)5)95-86(89)79-77-75-73-71-69-67-65-63-61-59-57-55-53-51-49-47-44-41-39-37-35-33-31-29-27-25-23-21-19-17-15-13-11-9-7-2/h8-11,14-17,20-23,26-29,32-35,39,41,47,49,84H,6-7,12-13,18-19,24-25,30-31,36-38,40,42-46,48,50-83H2,1-5H3/b10-8-,11-9-,16-14-,17-15-,22-20-,23-21-,28-26-,29-27-,34-32-,35-33-,41-39-,49-47-. The lowest BCUT2D eigenvalue weighted by Crippen LogP contribution is -2.37. The third-order valence-corrected chi connectivity index (χ3v) is 17.8. The molecular weight excluding hydrogens is 1210 g/mol. The van der Waals surface area contributed by atoms with Crippen molar-refractivity contribution < 1.29 is 42.1 Å². The number of carbonyl (C=O) groups is 2. The minimum absolute atomic E-state index is 0.0348. The number of nitrogens with zero attached hydrogens (tertiary/aromatic N) is 1. The van der Waals surface area contributed by atoms with Gasteiger partial charge in [0.05, 0.1) is 27.7 Å². The zero-order chi connectivity index (χ0) is 69.7. The quantitative estimate of drug-likeness (QED) is 0.0195. The van der Waals surface area contributed by atoms with Crippen LogP contribution in [0.3, 0.4) is 0 Å². The Bertz CT molecular complexity index is 2140. The molecule has 0 spiro atoms. The van der Waals surface area contributed by atoms with Gasteiger partial charge in [0.25, 0.3) is 7.82 Å². The van der Waals surface area contributed by atoms with Gasteiger partial charge in [0.1, 0.15) is 19.8 Å². The summed E-state index contributed by atoms with van der Waals surface area (Å²) in [6, 6.07) is 0. The number of allylic oxidation sites excluding steroid dienone is 24. The van der Waals surface area contributed by atoms with Gasteiger partial charge in [-0.3, -0.25) is 14.2 Å². The van der Waals surface area contributed by atoms with Gasteiger partial charge in [0.15, 0.2) is 6.10 Å². The largest absolute Gasteiger partial charge is 0.756 e. The molecule has 0 aromatic rings. The molecule has 550 valence electrons. The molecule has 10 heteroatoms. The van der Waals surface area contributed by atoms with Crippen LogP contribution in [-0.4, -0.2) is 70.0 Å². The number of hydrogen-bond acceptors (Lipinski definition) is 8. The van der Waals surface area contributed by atoms with Crippen molar-refractivity contribution in [3.63, 3.8) is 0 Å². The summed E-state index contributed by atoms with van der Waals surface area (Å²) in [4.78, 5) is 38.2. The molecular formula is C86H148NO8P. The lowest BCUT2D eigenvalue weighted by molar-refractivity contribution is -0.870. The Morgan fingerprint density at radius 3 is 0.833 bits per heavy atom. The van der Waals surface area contributed by atoms with Crippen molar-refractivity contribution in [2.45, 2.75) is 341 Å². The zero-order valence-electron chi connectivity index (χ0n) is 62.8. The Morgan fingerprint density at radius 1 is 0.323 bits per heavy atom. The molecule has 2 unspecified atom stereocenters. The summed E-state index contributed by atoms with van der Waals surface area (Å²) in [6.45, 7) is 4.04. The number of esters is 2. The van der Waals surface area contributed by atoms with Crippen molar-refractivity contribution >= 4 is 19.8 Å². The molecule has 0 fully saturated rings. The second kappa shape index (κ2) is 75.1. The molecule has 0 bridgehead atoms. The van der Waals surface area contributed by atoms with E-state index in [1.54, 1.807) is 0 Å². The summed E-state index contributed by atoms with van der Waals surface area (Å²) in [6.07, 6.45) is 111. The molecule has 0 saturated carbocycles. The molecule has 0 amide bonds. The number of likely N-dealkylation sites (N-methyl/N-ethyl adjacent to an activating group) is 1. The van der Waals surface area contributed by atoms with Crippen LogP contribution in [0.2, 0.25) is 0 Å². The van der Waals surface area contributed by atoms with E-state index in [-0.39, 0.29) is 32.0 Å². The summed E-state index contributed by atoms with van der Waals surface area (Å²) in [5.41, 5.74) is 0. The van der Waals surface area contributed by atoms with Crippen molar-refractivity contribution in [1.82, 2.24) is 0 Å². The van der Waals surface area contributed by atoms with E-state index in [0.29, 0.717) is 17.4 Å². The molecule has 0 aliphatic heterocycles. The maximum atomic E-state index is 12.9. The highest BCUT2D eigenvalue weighted by Crippen LogP contribution is 2.38. The molecule has 0 rings (SSSR count). The number of carbonyl (C=O) groups excluding carboxylic acids is 2. The highest BCUT2D eigenvalue weighted by molar-refractivity contribution is 7.45. The van der Waals surface area contributed by atoms with Crippen molar-refractivity contribution in [3.8, 4) is 0 Å². The Kier molecular flexibility index (Phi) is 71.9. The van der Waals surface area contributed by atoms with Gasteiger partial charge in [0, 0.05) is 12.8 Å². The van der Waals surface area contributed by atoms with Gasteiger partial charge in [-0.1, -0.05) is 352 Å². The van der Waals surface area contributed by atoms with E-state index < -0.39 is 26.5 Å². The van der Waals surface area contributed by atoms with E-state index >= 15 is 0 Å². The SMILES string of the molecule is CC/C=C\C/C=C\C/C=C\C/C=C\C/C=C\C/C=C\C/C=C\CCCCCCCCCCCCCCCC(=O)OC(COC(=O)CCCCCCCCCCCCCCCCCCCCCCC/C=C\C/C=C\C/C=C\C/C=C\C/C=C\CC)COP(=O)([O-])OCC[N+](C)(C)C. The average molecular weight is 1360 g/mol. The van der Waals surface area contributed by atoms with Crippen LogP contribution < -0.4 is 4.89 Å². The van der Waals surface area contributed by atoms with Crippen molar-refractivity contribution in [3.05, 3.63) is 146 Å². The fourth-order valence-electron chi connectivity index (χ4n) is 10.9. The number of hydrogen-bond donors (Lipinski definition) is 0. The van der Waals surface area contributed by atoms with E-state index in [0.717, 1.165) is 116 Å². The number of ether oxygens (including phenoxy) is 2. The highest BCUT2D eigenvalue weighted by Gasteiger charge is 2.22. The molecule has 0 radical (unpaired) electrons. The lowest BCUT2D eigenvalue weighted by atomic mass is 10.0. The van der Waals surface area contributed by atoms with Crippen LogP contribution in [-0.2, 0) is 32.7 Å². The first-order valence-electron chi connectivity index (χ1n) is 39.5. The van der Waals surface area contributed by atoms with Gasteiger partial charge in [-0.25, -0.2) is 0 Å². The Morgan fingerprint density at radius 2 is 0.562 bits per heavy atom. The molecule has 0 N–H and O–H groups in total. The second-order valence-corrected chi connectivity index (χ2v) is 28.7. The highest BCUT2D eigenvalue weighted by atomic mass is 31.2. The summed E-state index contributed by atoms with van der Waals surface area (Å²) in [5, 5.41) is 0. The van der Waals surface area contributed by atoms with Gasteiger partial charge in [-0.15, -0.1) is 0 Å². The van der Waals surface area contributed by atoms with Crippen LogP contribution in [0.15, 0.2) is 146 Å². The normalized spacial score (nSPS) is 13.9. The molecule has 0 heterocycles. The first-order chi connectivity index (χ1) is 47.0. The van der Waals surface area contributed by atoms with Gasteiger partial charge in [-0.2, -0.15) is 0 Å². The van der Waals surface area contributed by atoms with E-state index in [2.05, 4.69) is 160 Å². The Labute approximate surface area is 593 Å². The van der Waals surface area contributed by atoms with Gasteiger partial charge >= 0.3 is 11.9 Å². The monoisotopic (exact) mass is 1350 g/mol. The number of quaternary nitrogens is 1. The average Bonchev–Trinajstić information content (AvgIpc) is 2.74. The smallest absolute Gasteiger partial charge is 0.306 e. The molecule has 0 aliphatic rings.